The Bertz CT molecular complexity index is 1710. The Labute approximate surface area is 187 Å². The molecule has 9 heteroatoms. The molecular formula is C24H14N4O4S. The number of hydrogen-bond donors (Lipinski definition) is 1. The first-order valence-electron chi connectivity index (χ1n) is 10.0. The average molecular weight is 454 g/mol. The molecule has 6 rings (SSSR count). The van der Waals surface area contributed by atoms with E-state index in [1.165, 1.54) is 24.3 Å². The molecule has 0 fully saturated rings. The van der Waals surface area contributed by atoms with Gasteiger partial charge < -0.3 is 0 Å². The summed E-state index contributed by atoms with van der Waals surface area (Å²) >= 11 is 0. The van der Waals surface area contributed by atoms with Gasteiger partial charge in [0.15, 0.2) is 0 Å². The van der Waals surface area contributed by atoms with Gasteiger partial charge in [-0.15, -0.1) is 0 Å². The van der Waals surface area contributed by atoms with E-state index in [9.17, 15) is 18.0 Å². The van der Waals surface area contributed by atoms with Crippen LogP contribution in [-0.4, -0.2) is 20.5 Å². The lowest BCUT2D eigenvalue weighted by Crippen LogP contribution is -2.27. The van der Waals surface area contributed by atoms with Crippen LogP contribution in [0, 0.1) is 0 Å². The zero-order valence-electron chi connectivity index (χ0n) is 16.9. The minimum Gasteiger partial charge on any atom is -0.279 e. The number of imide groups is 1. The van der Waals surface area contributed by atoms with Gasteiger partial charge in [0, 0.05) is 5.39 Å². The Kier molecular flexibility index (Phi) is 3.99. The fourth-order valence-corrected chi connectivity index (χ4v) is 5.36. The highest BCUT2D eigenvalue weighted by Crippen LogP contribution is 2.38. The molecule has 0 bridgehead atoms. The first-order chi connectivity index (χ1) is 15.9. The second-order valence-corrected chi connectivity index (χ2v) is 9.35. The molecule has 0 saturated carbocycles. The number of sulfonamides is 1. The minimum absolute atomic E-state index is 0.00934. The summed E-state index contributed by atoms with van der Waals surface area (Å²) in [5.41, 5.74) is 0.656. The molecule has 160 valence electrons. The number of carbonyl (C=O) groups is 2. The van der Waals surface area contributed by atoms with E-state index in [1.807, 2.05) is 42.5 Å². The standard InChI is InChI=1S/C24H14N4O4S/c29-23-25-26-24(30)28(23)17-8-10-18(11-9-17)33(31,32)27-20-13-7-16-5-4-14-2-1-3-15-6-12-19(20)22(16)21(14)15/h1-13,27H. The summed E-state index contributed by atoms with van der Waals surface area (Å²) in [7, 11) is -3.93. The van der Waals surface area contributed by atoms with Gasteiger partial charge in [0.05, 0.1) is 16.3 Å². The van der Waals surface area contributed by atoms with Gasteiger partial charge in [0.25, 0.3) is 10.0 Å². The molecule has 1 aliphatic rings. The molecule has 0 radical (unpaired) electrons. The fourth-order valence-electron chi connectivity index (χ4n) is 4.28. The predicted octanol–water partition coefficient (Wildman–Crippen LogP) is 5.90. The maximum Gasteiger partial charge on any atom is 0.375 e. The van der Waals surface area contributed by atoms with E-state index in [2.05, 4.69) is 21.0 Å². The molecule has 5 aromatic rings. The number of carbonyl (C=O) groups excluding carboxylic acids is 2. The zero-order valence-corrected chi connectivity index (χ0v) is 17.7. The van der Waals surface area contributed by atoms with Crippen LogP contribution in [0.1, 0.15) is 0 Å². The predicted molar refractivity (Wildman–Crippen MR) is 126 cm³/mol. The van der Waals surface area contributed by atoms with Crippen LogP contribution in [0.25, 0.3) is 32.3 Å². The third kappa shape index (κ3) is 2.94. The van der Waals surface area contributed by atoms with E-state index in [1.54, 1.807) is 6.07 Å². The number of anilines is 2. The molecule has 1 heterocycles. The molecule has 5 aromatic carbocycles. The Hall–Kier alpha value is -4.37. The van der Waals surface area contributed by atoms with Gasteiger partial charge in [-0.3, -0.25) is 4.72 Å². The lowest BCUT2D eigenvalue weighted by molar-refractivity contribution is 0.249. The van der Waals surface area contributed by atoms with Crippen molar-refractivity contribution in [3.8, 4) is 0 Å². The first kappa shape index (κ1) is 19.3. The number of hydrogen-bond acceptors (Lipinski definition) is 4. The van der Waals surface area contributed by atoms with Crippen LogP contribution in [0.2, 0.25) is 0 Å². The van der Waals surface area contributed by atoms with Crippen LogP contribution in [0.4, 0.5) is 21.0 Å². The highest BCUT2D eigenvalue weighted by Gasteiger charge is 2.29. The summed E-state index contributed by atoms with van der Waals surface area (Å²) < 4.78 is 28.9. The Morgan fingerprint density at radius 1 is 0.667 bits per heavy atom. The molecule has 8 nitrogen and oxygen atoms in total. The van der Waals surface area contributed by atoms with Gasteiger partial charge >= 0.3 is 12.1 Å². The van der Waals surface area contributed by atoms with E-state index in [4.69, 9.17) is 0 Å². The van der Waals surface area contributed by atoms with Gasteiger partial charge in [-0.2, -0.15) is 0 Å². The van der Waals surface area contributed by atoms with Crippen molar-refractivity contribution in [2.24, 2.45) is 10.2 Å². The number of amides is 4. The summed E-state index contributed by atoms with van der Waals surface area (Å²) in [6.07, 6.45) is 0. The van der Waals surface area contributed by atoms with Crippen LogP contribution < -0.4 is 9.62 Å². The number of rotatable bonds is 4. The maximum atomic E-state index is 13.1. The summed E-state index contributed by atoms with van der Waals surface area (Å²) in [5.74, 6) is 0. The Morgan fingerprint density at radius 2 is 1.24 bits per heavy atom. The molecule has 33 heavy (non-hydrogen) atoms. The second kappa shape index (κ2) is 6.81. The number of nitrogens with one attached hydrogen (secondary N) is 1. The lowest BCUT2D eigenvalue weighted by atomic mass is 9.94. The lowest BCUT2D eigenvalue weighted by Gasteiger charge is -2.16. The number of azo groups is 1. The SMILES string of the molecule is O=C1N=NC(=O)N1c1ccc(S(=O)(=O)Nc2ccc3ccc4cccc5ccc2c3c45)cc1. The van der Waals surface area contributed by atoms with E-state index < -0.39 is 22.1 Å². The van der Waals surface area contributed by atoms with Crippen LogP contribution >= 0.6 is 0 Å². The van der Waals surface area contributed by atoms with Crippen molar-refractivity contribution in [1.82, 2.24) is 0 Å². The molecule has 0 aromatic heterocycles. The van der Waals surface area contributed by atoms with Crippen molar-refractivity contribution < 1.29 is 18.0 Å². The number of nitrogens with zero attached hydrogens (tertiary/aromatic N) is 3. The van der Waals surface area contributed by atoms with Crippen LogP contribution in [0.5, 0.6) is 0 Å². The van der Waals surface area contributed by atoms with Gasteiger partial charge in [-0.25, -0.2) is 22.9 Å². The zero-order chi connectivity index (χ0) is 22.7. The summed E-state index contributed by atoms with van der Waals surface area (Å²) in [4.78, 5) is 24.1. The normalized spacial score (nSPS) is 14.2. The van der Waals surface area contributed by atoms with Gasteiger partial charge in [0.2, 0.25) is 0 Å². The number of benzene rings is 5. The minimum atomic E-state index is -3.93. The summed E-state index contributed by atoms with van der Waals surface area (Å²) in [6, 6.07) is 21.5. The maximum absolute atomic E-state index is 13.1. The highest BCUT2D eigenvalue weighted by molar-refractivity contribution is 7.92. The van der Waals surface area contributed by atoms with Crippen molar-refractivity contribution in [3.05, 3.63) is 78.9 Å². The molecular weight excluding hydrogens is 440 g/mol. The molecule has 4 amide bonds. The van der Waals surface area contributed by atoms with E-state index in [0.717, 1.165) is 37.2 Å². The molecule has 1 N–H and O–H groups in total. The van der Waals surface area contributed by atoms with Gasteiger partial charge in [-0.05, 0) is 57.3 Å². The summed E-state index contributed by atoms with van der Waals surface area (Å²) in [6.45, 7) is 0. The van der Waals surface area contributed by atoms with Crippen LogP contribution in [-0.2, 0) is 10.0 Å². The smallest absolute Gasteiger partial charge is 0.279 e. The third-order valence-electron chi connectivity index (χ3n) is 5.78. The largest absolute Gasteiger partial charge is 0.375 e. The first-order valence-corrected chi connectivity index (χ1v) is 11.5. The number of urea groups is 2. The van der Waals surface area contributed by atoms with Crippen molar-refractivity contribution in [2.45, 2.75) is 4.90 Å². The molecule has 0 spiro atoms. The molecule has 0 unspecified atom stereocenters. The van der Waals surface area contributed by atoms with Crippen LogP contribution in [0.3, 0.4) is 0 Å². The summed E-state index contributed by atoms with van der Waals surface area (Å²) in [5, 5.41) is 12.5. The van der Waals surface area contributed by atoms with Crippen LogP contribution in [0.15, 0.2) is 94.0 Å². The Morgan fingerprint density at radius 3 is 1.91 bits per heavy atom. The van der Waals surface area contributed by atoms with E-state index in [0.29, 0.717) is 5.69 Å². The van der Waals surface area contributed by atoms with Crippen molar-refractivity contribution in [2.75, 3.05) is 9.62 Å². The Balaban J connectivity index is 1.40. The molecule has 0 atom stereocenters. The van der Waals surface area contributed by atoms with E-state index in [-0.39, 0.29) is 10.6 Å². The quantitative estimate of drug-likeness (QED) is 0.341. The van der Waals surface area contributed by atoms with Crippen molar-refractivity contribution in [1.29, 1.82) is 0 Å². The monoisotopic (exact) mass is 454 g/mol. The van der Waals surface area contributed by atoms with Crippen molar-refractivity contribution >= 4 is 65.8 Å². The van der Waals surface area contributed by atoms with Gasteiger partial charge in [-0.1, -0.05) is 58.8 Å². The van der Waals surface area contributed by atoms with E-state index >= 15 is 0 Å². The second-order valence-electron chi connectivity index (χ2n) is 7.67. The van der Waals surface area contributed by atoms with Crippen molar-refractivity contribution in [3.63, 3.8) is 0 Å². The average Bonchev–Trinajstić information content (AvgIpc) is 3.16. The molecule has 1 aliphatic heterocycles. The van der Waals surface area contributed by atoms with Gasteiger partial charge in [0.1, 0.15) is 0 Å². The fraction of sp³-hybridized carbons (Fsp3) is 0. The topological polar surface area (TPSA) is 108 Å². The third-order valence-corrected chi connectivity index (χ3v) is 7.16. The highest BCUT2D eigenvalue weighted by atomic mass is 32.2. The molecule has 0 aliphatic carbocycles. The molecule has 0 saturated heterocycles.